The van der Waals surface area contributed by atoms with E-state index in [0.717, 1.165) is 7.36 Å². The van der Waals surface area contributed by atoms with Gasteiger partial charge in [0.1, 0.15) is 0 Å². The summed E-state index contributed by atoms with van der Waals surface area (Å²) in [7, 11) is 2.91. The molecule has 0 saturated heterocycles. The number of hydrogen-bond acceptors (Lipinski definition) is 1. The molecule has 1 nitrogen and oxygen atoms in total. The minimum absolute atomic E-state index is 0.434. The predicted octanol–water partition coefficient (Wildman–Crippen LogP) is 1.37. The lowest BCUT2D eigenvalue weighted by atomic mass is 12.0. The van der Waals surface area contributed by atoms with Gasteiger partial charge in [0.2, 0.25) is 0 Å². The van der Waals surface area contributed by atoms with Crippen molar-refractivity contribution in [2.75, 3.05) is 6.66 Å². The molecule has 0 aromatic rings. The van der Waals surface area contributed by atoms with Gasteiger partial charge in [0.05, 0.1) is 0 Å². The maximum Gasteiger partial charge on any atom is -0.00813 e. The summed E-state index contributed by atoms with van der Waals surface area (Å²) in [5.74, 6) is 0. The van der Waals surface area contributed by atoms with E-state index in [1.807, 2.05) is 6.66 Å². The van der Waals surface area contributed by atoms with Crippen LogP contribution in [0.25, 0.3) is 0 Å². The summed E-state index contributed by atoms with van der Waals surface area (Å²) in [5.41, 5.74) is 0. The molecule has 0 saturated carbocycles. The zero-order valence-corrected chi connectivity index (χ0v) is 5.75. The van der Waals surface area contributed by atoms with Gasteiger partial charge in [-0.15, -0.1) is 0 Å². The van der Waals surface area contributed by atoms with Gasteiger partial charge in [0.25, 0.3) is 0 Å². The highest BCUT2D eigenvalue weighted by Gasteiger charge is 1.47. The molecule has 0 radical (unpaired) electrons. The molecule has 0 aromatic heterocycles. The van der Waals surface area contributed by atoms with Crippen molar-refractivity contribution in [2.24, 2.45) is 0 Å². The van der Waals surface area contributed by atoms with Gasteiger partial charge < -0.3 is 0 Å². The first kappa shape index (κ1) is 5.66. The van der Waals surface area contributed by atoms with Crippen LogP contribution in [0.1, 0.15) is 0 Å². The average molecular weight is 125 g/mol. The van der Waals surface area contributed by atoms with Crippen molar-refractivity contribution in [3.8, 4) is 0 Å². The van der Waals surface area contributed by atoms with Gasteiger partial charge in [-0.05, 0) is 31.8 Å². The van der Waals surface area contributed by atoms with Crippen molar-refractivity contribution in [2.45, 2.75) is 0 Å². The van der Waals surface area contributed by atoms with E-state index in [1.54, 1.807) is 0 Å². The largest absolute Gasteiger partial charge is 0.182 e. The van der Waals surface area contributed by atoms with Crippen molar-refractivity contribution in [3.05, 3.63) is 0 Å². The summed E-state index contributed by atoms with van der Waals surface area (Å²) in [5, 5.41) is 0. The molecule has 0 heterocycles. The molecule has 1 unspecified atom stereocenters. The van der Waals surface area contributed by atoms with E-state index >= 15 is 0 Å². The van der Waals surface area contributed by atoms with Crippen LogP contribution >= 0.6 is 15.8 Å². The highest BCUT2D eigenvalue weighted by atomic mass is 32.9. The molecule has 0 bridgehead atoms. The molecule has 5 heavy (non-hydrogen) atoms. The number of rotatable bonds is 0. The molecule has 4 heteroatoms. The zero-order valence-electron chi connectivity index (χ0n) is 2.88. The highest BCUT2D eigenvalue weighted by Crippen LogP contribution is 1.93. The fraction of sp³-hybridized carbons (Fsp3) is 1.00. The Balaban J connectivity index is 3.82. The molecule has 0 aliphatic carbocycles. The second-order valence-corrected chi connectivity index (χ2v) is 6.17. The Bertz CT molecular complexity index is 120. The SMILES string of the molecule is CP=S(#N)P. The first-order valence-electron chi connectivity index (χ1n) is 1.05. The Kier molecular flexibility index (Phi) is 3.25. The summed E-state index contributed by atoms with van der Waals surface area (Å²) in [6, 6.07) is 0. The summed E-state index contributed by atoms with van der Waals surface area (Å²) >= 11 is 0. The smallest absolute Gasteiger partial charge is 0.00813 e. The molecule has 0 aliphatic heterocycles. The Morgan fingerprint density at radius 1 is 2.00 bits per heavy atom. The molecule has 0 rings (SSSR count). The Morgan fingerprint density at radius 3 is 2.20 bits per heavy atom. The Morgan fingerprint density at radius 2 is 2.20 bits per heavy atom. The van der Waals surface area contributed by atoms with Crippen LogP contribution in [0.15, 0.2) is 0 Å². The third kappa shape index (κ3) is 4.66. The Hall–Kier alpha value is 0.660. The number of hydrogen-bond donors (Lipinski definition) is 0. The van der Waals surface area contributed by atoms with Crippen LogP contribution in [0.4, 0.5) is 0 Å². The van der Waals surface area contributed by atoms with E-state index in [0.29, 0.717) is 0 Å². The minimum atomic E-state index is -0.434. The highest BCUT2D eigenvalue weighted by molar-refractivity contribution is 8.44. The van der Waals surface area contributed by atoms with Gasteiger partial charge in [-0.2, -0.15) is 4.61 Å². The molecule has 0 fully saturated rings. The lowest BCUT2D eigenvalue weighted by Gasteiger charge is -1.52. The summed E-state index contributed by atoms with van der Waals surface area (Å²) in [6.45, 7) is 1.91. The lowest BCUT2D eigenvalue weighted by Crippen LogP contribution is -1.21. The molecule has 0 N–H and O–H groups in total. The maximum atomic E-state index is 8.34. The molecule has 0 aliphatic rings. The van der Waals surface area contributed by atoms with Gasteiger partial charge in [-0.25, -0.2) is 0 Å². The normalized spacial score (nSPS) is 11.8. The van der Waals surface area contributed by atoms with Crippen LogP contribution in [0.2, 0.25) is 0 Å². The van der Waals surface area contributed by atoms with Gasteiger partial charge in [-0.1, -0.05) is 0 Å². The molecule has 0 amide bonds. The third-order valence-corrected chi connectivity index (χ3v) is 3.58. The van der Waals surface area contributed by atoms with Gasteiger partial charge in [0.15, 0.2) is 0 Å². The van der Waals surface area contributed by atoms with Crippen LogP contribution in [-0.2, 0) is 9.32 Å². The first-order valence-corrected chi connectivity index (χ1v) is 5.65. The van der Waals surface area contributed by atoms with Gasteiger partial charge >= 0.3 is 0 Å². The predicted molar refractivity (Wildman–Crippen MR) is 31.6 cm³/mol. The average Bonchev–Trinajstić information content (AvgIpc) is 1.38. The second kappa shape index (κ2) is 2.87. The molecule has 0 aromatic carbocycles. The van der Waals surface area contributed by atoms with E-state index < -0.39 is 9.32 Å². The maximum absolute atomic E-state index is 8.34. The van der Waals surface area contributed by atoms with E-state index in [2.05, 4.69) is 8.44 Å². The third-order valence-electron chi connectivity index (χ3n) is 0.187. The molecule has 1 atom stereocenters. The van der Waals surface area contributed by atoms with Crippen LogP contribution in [-0.4, -0.2) is 6.66 Å². The monoisotopic (exact) mass is 125 g/mol. The van der Waals surface area contributed by atoms with Gasteiger partial charge in [0, 0.05) is 0 Å². The summed E-state index contributed by atoms with van der Waals surface area (Å²) in [4.78, 5) is 0. The molecule has 0 spiro atoms. The van der Waals surface area contributed by atoms with E-state index in [-0.39, 0.29) is 0 Å². The van der Waals surface area contributed by atoms with Crippen molar-refractivity contribution in [1.29, 1.82) is 4.61 Å². The van der Waals surface area contributed by atoms with Crippen molar-refractivity contribution in [1.82, 2.24) is 0 Å². The van der Waals surface area contributed by atoms with Crippen LogP contribution in [0.3, 0.4) is 0 Å². The number of nitrogens with zero attached hydrogens (tertiary/aromatic N) is 1. The second-order valence-electron chi connectivity index (χ2n) is 0.475. The summed E-state index contributed by atoms with van der Waals surface area (Å²) in [6.07, 6.45) is 0. The van der Waals surface area contributed by atoms with Crippen molar-refractivity contribution >= 4 is 25.1 Å². The molecular formula is CH5NP2S. The molecular weight excluding hydrogens is 120 g/mol. The zero-order chi connectivity index (χ0) is 4.28. The lowest BCUT2D eigenvalue weighted by molar-refractivity contribution is 1.66. The van der Waals surface area contributed by atoms with Crippen LogP contribution < -0.4 is 0 Å². The quantitative estimate of drug-likeness (QED) is 0.448. The van der Waals surface area contributed by atoms with Crippen molar-refractivity contribution in [3.63, 3.8) is 0 Å². The Labute approximate surface area is 37.1 Å². The summed E-state index contributed by atoms with van der Waals surface area (Å²) < 4.78 is 8.34. The van der Waals surface area contributed by atoms with E-state index in [4.69, 9.17) is 4.61 Å². The minimum Gasteiger partial charge on any atom is -0.182 e. The first-order chi connectivity index (χ1) is 2.27. The molecule has 30 valence electrons. The van der Waals surface area contributed by atoms with Crippen LogP contribution in [0.5, 0.6) is 0 Å². The van der Waals surface area contributed by atoms with Crippen LogP contribution in [0, 0.1) is 4.61 Å². The van der Waals surface area contributed by atoms with Crippen molar-refractivity contribution < 1.29 is 0 Å². The van der Waals surface area contributed by atoms with E-state index in [1.165, 1.54) is 0 Å². The fourth-order valence-corrected chi connectivity index (χ4v) is 0. The topological polar surface area (TPSA) is 23.8 Å². The standard InChI is InChI=1S/CH5NP2S/c1-4-5(2)3/h3H2,1H3. The van der Waals surface area contributed by atoms with E-state index in [9.17, 15) is 0 Å². The fourth-order valence-electron chi connectivity index (χ4n) is 0. The van der Waals surface area contributed by atoms with Gasteiger partial charge in [-0.3, -0.25) is 0 Å².